The Morgan fingerprint density at radius 3 is 2.61 bits per heavy atom. The molecule has 0 spiro atoms. The van der Waals surface area contributed by atoms with Crippen LogP contribution in [-0.4, -0.2) is 15.9 Å². The molecule has 2 heterocycles. The van der Waals surface area contributed by atoms with E-state index in [4.69, 9.17) is 0 Å². The van der Waals surface area contributed by atoms with E-state index in [-0.39, 0.29) is 11.4 Å². The number of carbonyl (C=O) groups excluding carboxylic acids is 1. The second kappa shape index (κ2) is 4.87. The molecule has 0 bridgehead atoms. The monoisotopic (exact) mass is 249 g/mol. The van der Waals surface area contributed by atoms with Crippen molar-refractivity contribution in [2.75, 3.05) is 5.32 Å². The number of aryl methyl sites for hydroxylation is 1. The normalized spacial score (nSPS) is 10.2. The van der Waals surface area contributed by atoms with E-state index in [1.165, 1.54) is 6.07 Å². The second-order valence-corrected chi connectivity index (χ2v) is 3.59. The molecule has 0 aromatic carbocycles. The number of amides is 1. The van der Waals surface area contributed by atoms with Crippen molar-refractivity contribution < 1.29 is 13.6 Å². The molecule has 2 aromatic heterocycles. The van der Waals surface area contributed by atoms with Crippen LogP contribution in [0.2, 0.25) is 0 Å². The molecular formula is C12H9F2N3O. The van der Waals surface area contributed by atoms with Crippen molar-refractivity contribution in [3.05, 3.63) is 53.6 Å². The average Bonchev–Trinajstić information content (AvgIpc) is 2.32. The fourth-order valence-electron chi connectivity index (χ4n) is 1.36. The van der Waals surface area contributed by atoms with Crippen molar-refractivity contribution in [1.29, 1.82) is 0 Å². The van der Waals surface area contributed by atoms with Gasteiger partial charge in [-0.05, 0) is 31.2 Å². The first-order valence-electron chi connectivity index (χ1n) is 5.13. The lowest BCUT2D eigenvalue weighted by Crippen LogP contribution is -2.15. The Bertz CT molecular complexity index is 602. The summed E-state index contributed by atoms with van der Waals surface area (Å²) >= 11 is 0. The fourth-order valence-corrected chi connectivity index (χ4v) is 1.36. The van der Waals surface area contributed by atoms with E-state index in [0.717, 1.165) is 12.1 Å². The summed E-state index contributed by atoms with van der Waals surface area (Å²) in [5, 5.41) is 2.28. The number of aromatic nitrogens is 2. The molecule has 0 aliphatic carbocycles. The molecular weight excluding hydrogens is 240 g/mol. The van der Waals surface area contributed by atoms with Gasteiger partial charge >= 0.3 is 0 Å². The molecule has 0 fully saturated rings. The van der Waals surface area contributed by atoms with E-state index < -0.39 is 17.8 Å². The molecule has 0 aliphatic heterocycles. The van der Waals surface area contributed by atoms with E-state index in [0.29, 0.717) is 5.69 Å². The molecule has 0 radical (unpaired) electrons. The first kappa shape index (κ1) is 12.1. The molecule has 0 saturated heterocycles. The minimum atomic E-state index is -1.07. The molecule has 2 rings (SSSR count). The Kier molecular flexibility index (Phi) is 3.27. The van der Waals surface area contributed by atoms with Crippen LogP contribution in [0.1, 0.15) is 16.2 Å². The minimum absolute atomic E-state index is 0.152. The number of anilines is 1. The molecule has 0 atom stereocenters. The molecule has 2 aromatic rings. The van der Waals surface area contributed by atoms with Crippen molar-refractivity contribution in [3.63, 3.8) is 0 Å². The summed E-state index contributed by atoms with van der Waals surface area (Å²) in [7, 11) is 0. The van der Waals surface area contributed by atoms with Crippen LogP contribution < -0.4 is 5.32 Å². The van der Waals surface area contributed by atoms with Crippen LogP contribution in [0.5, 0.6) is 0 Å². The maximum absolute atomic E-state index is 13.2. The summed E-state index contributed by atoms with van der Waals surface area (Å²) in [6.45, 7) is 1.73. The van der Waals surface area contributed by atoms with Gasteiger partial charge in [0, 0.05) is 5.69 Å². The van der Waals surface area contributed by atoms with Crippen LogP contribution in [0.25, 0.3) is 0 Å². The van der Waals surface area contributed by atoms with Gasteiger partial charge in [-0.3, -0.25) is 4.79 Å². The Balaban J connectivity index is 2.21. The third kappa shape index (κ3) is 2.65. The highest BCUT2D eigenvalue weighted by Crippen LogP contribution is 2.12. The maximum Gasteiger partial charge on any atom is 0.274 e. The quantitative estimate of drug-likeness (QED) is 0.831. The lowest BCUT2D eigenvalue weighted by Gasteiger charge is -2.05. The largest absolute Gasteiger partial charge is 0.317 e. The Labute approximate surface area is 102 Å². The van der Waals surface area contributed by atoms with Gasteiger partial charge < -0.3 is 5.32 Å². The molecule has 92 valence electrons. The first-order valence-corrected chi connectivity index (χ1v) is 5.13. The van der Waals surface area contributed by atoms with Crippen molar-refractivity contribution in [2.45, 2.75) is 6.92 Å². The molecule has 4 nitrogen and oxygen atoms in total. The minimum Gasteiger partial charge on any atom is -0.317 e. The average molecular weight is 249 g/mol. The molecule has 0 unspecified atom stereocenters. The molecule has 18 heavy (non-hydrogen) atoms. The van der Waals surface area contributed by atoms with E-state index in [9.17, 15) is 13.6 Å². The summed E-state index contributed by atoms with van der Waals surface area (Å²) in [6.07, 6.45) is 0. The third-order valence-electron chi connectivity index (χ3n) is 2.18. The highest BCUT2D eigenvalue weighted by molar-refractivity contribution is 6.02. The maximum atomic E-state index is 13.2. The smallest absolute Gasteiger partial charge is 0.274 e. The topological polar surface area (TPSA) is 54.9 Å². The SMILES string of the molecule is Cc1cccc(C(=O)Nc2ccc(F)nc2F)n1. The van der Waals surface area contributed by atoms with Gasteiger partial charge in [0.25, 0.3) is 5.91 Å². The van der Waals surface area contributed by atoms with E-state index in [2.05, 4.69) is 15.3 Å². The van der Waals surface area contributed by atoms with Gasteiger partial charge in [0.15, 0.2) is 0 Å². The van der Waals surface area contributed by atoms with E-state index in [1.54, 1.807) is 19.1 Å². The number of nitrogens with one attached hydrogen (secondary N) is 1. The van der Waals surface area contributed by atoms with Crippen LogP contribution in [0.3, 0.4) is 0 Å². The van der Waals surface area contributed by atoms with Crippen LogP contribution >= 0.6 is 0 Å². The Morgan fingerprint density at radius 1 is 1.17 bits per heavy atom. The van der Waals surface area contributed by atoms with Crippen molar-refractivity contribution in [2.24, 2.45) is 0 Å². The van der Waals surface area contributed by atoms with Gasteiger partial charge in [-0.1, -0.05) is 6.07 Å². The van der Waals surface area contributed by atoms with Crippen LogP contribution in [0, 0.1) is 18.8 Å². The number of nitrogens with zero attached hydrogens (tertiary/aromatic N) is 2. The van der Waals surface area contributed by atoms with Gasteiger partial charge in [-0.15, -0.1) is 0 Å². The molecule has 6 heteroatoms. The van der Waals surface area contributed by atoms with Gasteiger partial charge in [0.05, 0.1) is 5.69 Å². The fraction of sp³-hybridized carbons (Fsp3) is 0.0833. The third-order valence-corrected chi connectivity index (χ3v) is 2.18. The summed E-state index contributed by atoms with van der Waals surface area (Å²) in [5.41, 5.74) is 0.629. The predicted octanol–water partition coefficient (Wildman–Crippen LogP) is 2.32. The summed E-state index contributed by atoms with van der Waals surface area (Å²) in [4.78, 5) is 18.7. The van der Waals surface area contributed by atoms with Gasteiger partial charge in [-0.2, -0.15) is 13.8 Å². The molecule has 0 saturated carbocycles. The highest BCUT2D eigenvalue weighted by Gasteiger charge is 2.11. The van der Waals surface area contributed by atoms with E-state index in [1.807, 2.05) is 0 Å². The first-order chi connectivity index (χ1) is 8.56. The zero-order chi connectivity index (χ0) is 13.1. The number of carbonyl (C=O) groups is 1. The van der Waals surface area contributed by atoms with Gasteiger partial charge in [0.2, 0.25) is 11.9 Å². The van der Waals surface area contributed by atoms with E-state index >= 15 is 0 Å². The van der Waals surface area contributed by atoms with Gasteiger partial charge in [-0.25, -0.2) is 4.98 Å². The predicted molar refractivity (Wildman–Crippen MR) is 61.1 cm³/mol. The van der Waals surface area contributed by atoms with Crippen LogP contribution in [0.15, 0.2) is 30.3 Å². The lowest BCUT2D eigenvalue weighted by molar-refractivity contribution is 0.102. The lowest BCUT2D eigenvalue weighted by atomic mass is 10.3. The van der Waals surface area contributed by atoms with Crippen LogP contribution in [0.4, 0.5) is 14.5 Å². The number of hydrogen-bond acceptors (Lipinski definition) is 3. The summed E-state index contributed by atoms with van der Waals surface area (Å²) < 4.78 is 25.8. The summed E-state index contributed by atoms with van der Waals surface area (Å²) in [5.74, 6) is -2.60. The summed E-state index contributed by atoms with van der Waals surface area (Å²) in [6, 6.07) is 6.96. The Morgan fingerprint density at radius 2 is 1.94 bits per heavy atom. The molecule has 0 aliphatic rings. The van der Waals surface area contributed by atoms with Crippen molar-refractivity contribution in [1.82, 2.24) is 9.97 Å². The van der Waals surface area contributed by atoms with Crippen molar-refractivity contribution in [3.8, 4) is 0 Å². The number of hydrogen-bond donors (Lipinski definition) is 1. The molecule has 1 amide bonds. The Hall–Kier alpha value is -2.37. The van der Waals surface area contributed by atoms with Gasteiger partial charge in [0.1, 0.15) is 5.69 Å². The molecule has 1 N–H and O–H groups in total. The zero-order valence-corrected chi connectivity index (χ0v) is 9.45. The standard InChI is InChI=1S/C12H9F2N3O/c1-7-3-2-4-9(15-7)12(18)16-8-5-6-10(13)17-11(8)14/h2-6H,1H3,(H,16,18). The van der Waals surface area contributed by atoms with Crippen molar-refractivity contribution >= 4 is 11.6 Å². The number of halogens is 2. The number of rotatable bonds is 2. The van der Waals surface area contributed by atoms with Crippen LogP contribution in [-0.2, 0) is 0 Å². The second-order valence-electron chi connectivity index (χ2n) is 3.59. The highest BCUT2D eigenvalue weighted by atomic mass is 19.1. The zero-order valence-electron chi connectivity index (χ0n) is 9.45. The number of pyridine rings is 2.